The maximum Gasteiger partial charge on any atom is 0.267 e. The molecule has 2 rings (SSSR count). The fraction of sp³-hybridized carbons (Fsp3) is 0.0588. The molecular weight excluding hydrogens is 281 g/mol. The summed E-state index contributed by atoms with van der Waals surface area (Å²) < 4.78 is 12.8. The summed E-state index contributed by atoms with van der Waals surface area (Å²) in [7, 11) is 0. The standard InChI is InChI=1S/C17H14FN3O/c1-12-4-2-3-5-16(12)21-17(22)13(10-19)11-20-15-8-6-14(18)7-9-15/h2-9,11,20H,1H3,(H,21,22)/b13-11-. The summed E-state index contributed by atoms with van der Waals surface area (Å²) in [6, 6.07) is 14.7. The number of amides is 1. The van der Waals surface area contributed by atoms with Gasteiger partial charge in [-0.05, 0) is 42.8 Å². The first-order chi connectivity index (χ1) is 10.6. The smallest absolute Gasteiger partial charge is 0.267 e. The zero-order valence-electron chi connectivity index (χ0n) is 11.9. The Morgan fingerprint density at radius 1 is 1.18 bits per heavy atom. The summed E-state index contributed by atoms with van der Waals surface area (Å²) in [6.45, 7) is 1.86. The van der Waals surface area contributed by atoms with E-state index in [1.54, 1.807) is 12.1 Å². The third-order valence-corrected chi connectivity index (χ3v) is 2.99. The molecular formula is C17H14FN3O. The Kier molecular flexibility index (Phi) is 4.89. The van der Waals surface area contributed by atoms with Crippen LogP contribution in [0.1, 0.15) is 5.56 Å². The van der Waals surface area contributed by atoms with Gasteiger partial charge < -0.3 is 10.6 Å². The van der Waals surface area contributed by atoms with E-state index in [-0.39, 0.29) is 11.4 Å². The van der Waals surface area contributed by atoms with Crippen LogP contribution in [0.4, 0.5) is 15.8 Å². The summed E-state index contributed by atoms with van der Waals surface area (Å²) in [5, 5.41) is 14.6. The van der Waals surface area contributed by atoms with E-state index in [0.717, 1.165) is 5.56 Å². The fourth-order valence-corrected chi connectivity index (χ4v) is 1.75. The molecule has 4 nitrogen and oxygen atoms in total. The SMILES string of the molecule is Cc1ccccc1NC(=O)/C(C#N)=C\Nc1ccc(F)cc1. The number of para-hydroxylation sites is 1. The second-order valence-corrected chi connectivity index (χ2v) is 4.59. The second-order valence-electron chi connectivity index (χ2n) is 4.59. The van der Waals surface area contributed by atoms with Crippen LogP contribution < -0.4 is 10.6 Å². The molecule has 0 unspecified atom stereocenters. The van der Waals surface area contributed by atoms with Crippen molar-refractivity contribution in [2.24, 2.45) is 0 Å². The molecule has 0 radical (unpaired) electrons. The number of hydrogen-bond donors (Lipinski definition) is 2. The van der Waals surface area contributed by atoms with Gasteiger partial charge in [0, 0.05) is 17.6 Å². The van der Waals surface area contributed by atoms with Crippen molar-refractivity contribution in [3.8, 4) is 6.07 Å². The van der Waals surface area contributed by atoms with E-state index in [9.17, 15) is 9.18 Å². The summed E-state index contributed by atoms with van der Waals surface area (Å²) in [4.78, 5) is 12.1. The molecule has 110 valence electrons. The summed E-state index contributed by atoms with van der Waals surface area (Å²) in [6.07, 6.45) is 1.29. The number of rotatable bonds is 4. The van der Waals surface area contributed by atoms with Gasteiger partial charge in [-0.3, -0.25) is 4.79 Å². The maximum absolute atomic E-state index is 12.8. The number of hydrogen-bond acceptors (Lipinski definition) is 3. The molecule has 0 saturated carbocycles. The highest BCUT2D eigenvalue weighted by molar-refractivity contribution is 6.07. The molecule has 0 aromatic heterocycles. The molecule has 2 aromatic rings. The van der Waals surface area contributed by atoms with Crippen LogP contribution in [-0.4, -0.2) is 5.91 Å². The lowest BCUT2D eigenvalue weighted by Gasteiger charge is -2.07. The lowest BCUT2D eigenvalue weighted by atomic mass is 10.2. The van der Waals surface area contributed by atoms with Gasteiger partial charge in [0.25, 0.3) is 5.91 Å². The number of anilines is 2. The summed E-state index contributed by atoms with van der Waals surface area (Å²) in [5.41, 5.74) is 2.06. The van der Waals surface area contributed by atoms with Crippen molar-refractivity contribution in [1.29, 1.82) is 5.26 Å². The predicted molar refractivity (Wildman–Crippen MR) is 83.5 cm³/mol. The zero-order valence-corrected chi connectivity index (χ0v) is 11.9. The predicted octanol–water partition coefficient (Wildman–Crippen LogP) is 3.59. The van der Waals surface area contributed by atoms with E-state index in [1.807, 2.05) is 25.1 Å². The second kappa shape index (κ2) is 7.04. The van der Waals surface area contributed by atoms with Gasteiger partial charge in [-0.25, -0.2) is 4.39 Å². The van der Waals surface area contributed by atoms with Gasteiger partial charge in [-0.1, -0.05) is 18.2 Å². The summed E-state index contributed by atoms with van der Waals surface area (Å²) >= 11 is 0. The quantitative estimate of drug-likeness (QED) is 0.669. The molecule has 0 heterocycles. The minimum absolute atomic E-state index is 0.0763. The first-order valence-corrected chi connectivity index (χ1v) is 6.59. The van der Waals surface area contributed by atoms with Crippen LogP contribution >= 0.6 is 0 Å². The molecule has 0 atom stereocenters. The van der Waals surface area contributed by atoms with Gasteiger partial charge in [-0.15, -0.1) is 0 Å². The third-order valence-electron chi connectivity index (χ3n) is 2.99. The minimum atomic E-state index is -0.508. The van der Waals surface area contributed by atoms with Crippen LogP contribution in [0.2, 0.25) is 0 Å². The molecule has 0 aliphatic heterocycles. The number of carbonyl (C=O) groups is 1. The average Bonchev–Trinajstić information content (AvgIpc) is 2.52. The number of carbonyl (C=O) groups excluding carboxylic acids is 1. The molecule has 0 aliphatic carbocycles. The van der Waals surface area contributed by atoms with Crippen molar-refractivity contribution in [1.82, 2.24) is 0 Å². The van der Waals surface area contributed by atoms with Crippen LogP contribution in [0, 0.1) is 24.1 Å². The molecule has 5 heteroatoms. The number of benzene rings is 2. The highest BCUT2D eigenvalue weighted by atomic mass is 19.1. The van der Waals surface area contributed by atoms with Gasteiger partial charge >= 0.3 is 0 Å². The van der Waals surface area contributed by atoms with E-state index in [2.05, 4.69) is 10.6 Å². The van der Waals surface area contributed by atoms with Crippen molar-refractivity contribution in [2.45, 2.75) is 6.92 Å². The Bertz CT molecular complexity index is 745. The van der Waals surface area contributed by atoms with E-state index in [4.69, 9.17) is 5.26 Å². The lowest BCUT2D eigenvalue weighted by Crippen LogP contribution is -2.15. The van der Waals surface area contributed by atoms with Crippen molar-refractivity contribution in [3.05, 3.63) is 71.7 Å². The molecule has 22 heavy (non-hydrogen) atoms. The van der Waals surface area contributed by atoms with E-state index >= 15 is 0 Å². The number of nitriles is 1. The van der Waals surface area contributed by atoms with Crippen molar-refractivity contribution >= 4 is 17.3 Å². The van der Waals surface area contributed by atoms with Gasteiger partial charge in [0.15, 0.2) is 0 Å². The van der Waals surface area contributed by atoms with E-state index < -0.39 is 5.91 Å². The molecule has 2 N–H and O–H groups in total. The first kappa shape index (κ1) is 15.3. The molecule has 0 bridgehead atoms. The Balaban J connectivity index is 2.09. The van der Waals surface area contributed by atoms with Crippen molar-refractivity contribution < 1.29 is 9.18 Å². The summed E-state index contributed by atoms with van der Waals surface area (Å²) in [5.74, 6) is -0.862. The Morgan fingerprint density at radius 2 is 1.86 bits per heavy atom. The van der Waals surface area contributed by atoms with Crippen LogP contribution in [0.3, 0.4) is 0 Å². The molecule has 0 spiro atoms. The first-order valence-electron chi connectivity index (χ1n) is 6.59. The normalized spacial score (nSPS) is 10.7. The molecule has 0 fully saturated rings. The molecule has 2 aromatic carbocycles. The van der Waals surface area contributed by atoms with Gasteiger partial charge in [0.2, 0.25) is 0 Å². The minimum Gasteiger partial charge on any atom is -0.360 e. The van der Waals surface area contributed by atoms with Crippen molar-refractivity contribution in [3.63, 3.8) is 0 Å². The Morgan fingerprint density at radius 3 is 2.50 bits per heavy atom. The third kappa shape index (κ3) is 3.93. The maximum atomic E-state index is 12.8. The monoisotopic (exact) mass is 295 g/mol. The number of aryl methyl sites for hydroxylation is 1. The average molecular weight is 295 g/mol. The number of nitrogens with one attached hydrogen (secondary N) is 2. The fourth-order valence-electron chi connectivity index (χ4n) is 1.75. The van der Waals surface area contributed by atoms with Gasteiger partial charge in [0.05, 0.1) is 0 Å². The van der Waals surface area contributed by atoms with Crippen LogP contribution in [0.25, 0.3) is 0 Å². The topological polar surface area (TPSA) is 64.9 Å². The van der Waals surface area contributed by atoms with E-state index in [0.29, 0.717) is 11.4 Å². The lowest BCUT2D eigenvalue weighted by molar-refractivity contribution is -0.112. The van der Waals surface area contributed by atoms with Gasteiger partial charge in [0.1, 0.15) is 17.5 Å². The van der Waals surface area contributed by atoms with Crippen LogP contribution in [0.15, 0.2) is 60.3 Å². The van der Waals surface area contributed by atoms with Crippen LogP contribution in [0.5, 0.6) is 0 Å². The van der Waals surface area contributed by atoms with E-state index in [1.165, 1.54) is 30.5 Å². The van der Waals surface area contributed by atoms with Crippen molar-refractivity contribution in [2.75, 3.05) is 10.6 Å². The van der Waals surface area contributed by atoms with Gasteiger partial charge in [-0.2, -0.15) is 5.26 Å². The number of nitrogens with zero attached hydrogens (tertiary/aromatic N) is 1. The highest BCUT2D eigenvalue weighted by Gasteiger charge is 2.10. The molecule has 0 saturated heterocycles. The zero-order chi connectivity index (χ0) is 15.9. The number of halogens is 1. The highest BCUT2D eigenvalue weighted by Crippen LogP contribution is 2.14. The Labute approximate surface area is 127 Å². The van der Waals surface area contributed by atoms with Crippen LogP contribution in [-0.2, 0) is 4.79 Å². The molecule has 0 aliphatic rings. The Hall–Kier alpha value is -3.13. The largest absolute Gasteiger partial charge is 0.360 e. The molecule has 1 amide bonds.